The number of carbonyl (C=O) groups is 1. The van der Waals surface area contributed by atoms with Gasteiger partial charge >= 0.3 is 5.97 Å². The Hall–Kier alpha value is -2.39. The zero-order chi connectivity index (χ0) is 14.8. The maximum atomic E-state index is 11.9. The standard InChI is InChI=1S/C17H12ClNO2/c1-21-17(20)13-9-5-8-12-14(18)10-15(19-16(12)13)11-6-3-2-4-7-11/h2-10H,1H3. The van der Waals surface area contributed by atoms with Crippen LogP contribution in [0.4, 0.5) is 0 Å². The van der Waals surface area contributed by atoms with Crippen LogP contribution < -0.4 is 0 Å². The molecule has 0 N–H and O–H groups in total. The molecule has 0 bridgehead atoms. The van der Waals surface area contributed by atoms with Crippen LogP contribution in [0, 0.1) is 0 Å². The summed E-state index contributed by atoms with van der Waals surface area (Å²) in [6, 6.07) is 16.8. The normalized spacial score (nSPS) is 10.6. The zero-order valence-corrected chi connectivity index (χ0v) is 12.1. The number of esters is 1. The fourth-order valence-corrected chi connectivity index (χ4v) is 2.49. The Labute approximate surface area is 127 Å². The van der Waals surface area contributed by atoms with E-state index < -0.39 is 5.97 Å². The molecule has 0 aliphatic heterocycles. The van der Waals surface area contributed by atoms with Crippen molar-refractivity contribution in [3.05, 3.63) is 65.2 Å². The Bertz CT molecular complexity index is 816. The Kier molecular flexibility index (Phi) is 3.59. The van der Waals surface area contributed by atoms with Crippen molar-refractivity contribution >= 4 is 28.5 Å². The molecule has 0 saturated carbocycles. The highest BCUT2D eigenvalue weighted by atomic mass is 35.5. The van der Waals surface area contributed by atoms with E-state index in [0.29, 0.717) is 16.1 Å². The van der Waals surface area contributed by atoms with Crippen LogP contribution in [-0.2, 0) is 4.74 Å². The number of pyridine rings is 1. The van der Waals surface area contributed by atoms with E-state index >= 15 is 0 Å². The fourth-order valence-electron chi connectivity index (χ4n) is 2.24. The van der Waals surface area contributed by atoms with Crippen LogP contribution >= 0.6 is 11.6 Å². The molecular formula is C17H12ClNO2. The Morgan fingerprint density at radius 3 is 2.57 bits per heavy atom. The van der Waals surface area contributed by atoms with Crippen molar-refractivity contribution in [2.24, 2.45) is 0 Å². The van der Waals surface area contributed by atoms with Crippen LogP contribution in [0.1, 0.15) is 10.4 Å². The minimum atomic E-state index is -0.422. The molecule has 3 nitrogen and oxygen atoms in total. The molecule has 3 rings (SSSR count). The monoisotopic (exact) mass is 297 g/mol. The van der Waals surface area contributed by atoms with Crippen molar-refractivity contribution in [1.82, 2.24) is 4.98 Å². The van der Waals surface area contributed by atoms with E-state index in [0.717, 1.165) is 16.6 Å². The van der Waals surface area contributed by atoms with Gasteiger partial charge in [-0.3, -0.25) is 0 Å². The van der Waals surface area contributed by atoms with Gasteiger partial charge in [0.25, 0.3) is 0 Å². The second kappa shape index (κ2) is 5.54. The van der Waals surface area contributed by atoms with Gasteiger partial charge < -0.3 is 4.74 Å². The highest BCUT2D eigenvalue weighted by molar-refractivity contribution is 6.36. The van der Waals surface area contributed by atoms with Gasteiger partial charge in [-0.25, -0.2) is 9.78 Å². The second-order valence-corrected chi connectivity index (χ2v) is 4.96. The summed E-state index contributed by atoms with van der Waals surface area (Å²) in [5.74, 6) is -0.422. The molecule has 1 heterocycles. The molecule has 0 radical (unpaired) electrons. The number of methoxy groups -OCH3 is 1. The van der Waals surface area contributed by atoms with Crippen molar-refractivity contribution in [2.75, 3.05) is 7.11 Å². The largest absolute Gasteiger partial charge is 0.465 e. The second-order valence-electron chi connectivity index (χ2n) is 4.55. The van der Waals surface area contributed by atoms with Crippen LogP contribution in [0.25, 0.3) is 22.2 Å². The van der Waals surface area contributed by atoms with Gasteiger partial charge in [0.1, 0.15) is 0 Å². The molecule has 1 aromatic heterocycles. The summed E-state index contributed by atoms with van der Waals surface area (Å²) in [7, 11) is 1.35. The number of para-hydroxylation sites is 1. The van der Waals surface area contributed by atoms with Crippen molar-refractivity contribution in [2.45, 2.75) is 0 Å². The Balaban J connectivity index is 2.29. The maximum Gasteiger partial charge on any atom is 0.340 e. The molecule has 0 aliphatic carbocycles. The van der Waals surface area contributed by atoms with Gasteiger partial charge in [0.2, 0.25) is 0 Å². The van der Waals surface area contributed by atoms with Crippen LogP contribution in [0.3, 0.4) is 0 Å². The number of rotatable bonds is 2. The summed E-state index contributed by atoms with van der Waals surface area (Å²) >= 11 is 6.34. The first kappa shape index (κ1) is 13.6. The van der Waals surface area contributed by atoms with E-state index in [9.17, 15) is 4.79 Å². The number of ether oxygens (including phenoxy) is 1. The van der Waals surface area contributed by atoms with Crippen molar-refractivity contribution in [3.8, 4) is 11.3 Å². The molecule has 2 aromatic carbocycles. The molecule has 0 fully saturated rings. The molecule has 21 heavy (non-hydrogen) atoms. The summed E-state index contributed by atoms with van der Waals surface area (Å²) in [5.41, 5.74) is 2.64. The van der Waals surface area contributed by atoms with E-state index in [4.69, 9.17) is 16.3 Å². The van der Waals surface area contributed by atoms with Crippen LogP contribution in [0.5, 0.6) is 0 Å². The van der Waals surface area contributed by atoms with E-state index in [1.807, 2.05) is 36.4 Å². The summed E-state index contributed by atoms with van der Waals surface area (Å²) in [5, 5.41) is 1.30. The smallest absolute Gasteiger partial charge is 0.340 e. The molecule has 0 unspecified atom stereocenters. The molecule has 0 amide bonds. The average molecular weight is 298 g/mol. The lowest BCUT2D eigenvalue weighted by Gasteiger charge is -2.08. The quantitative estimate of drug-likeness (QED) is 0.660. The third kappa shape index (κ3) is 2.48. The van der Waals surface area contributed by atoms with E-state index in [-0.39, 0.29) is 0 Å². The molecule has 3 aromatic rings. The number of fused-ring (bicyclic) bond motifs is 1. The third-order valence-corrected chi connectivity index (χ3v) is 3.58. The minimum absolute atomic E-state index is 0.412. The fraction of sp³-hybridized carbons (Fsp3) is 0.0588. The SMILES string of the molecule is COC(=O)c1cccc2c(Cl)cc(-c3ccccc3)nc12. The van der Waals surface area contributed by atoms with Gasteiger partial charge in [-0.1, -0.05) is 54.1 Å². The Morgan fingerprint density at radius 2 is 1.86 bits per heavy atom. The zero-order valence-electron chi connectivity index (χ0n) is 11.3. The number of nitrogens with zero attached hydrogens (tertiary/aromatic N) is 1. The predicted molar refractivity (Wildman–Crippen MR) is 83.5 cm³/mol. The van der Waals surface area contributed by atoms with Gasteiger partial charge in [0, 0.05) is 10.9 Å². The lowest BCUT2D eigenvalue weighted by molar-refractivity contribution is 0.0603. The minimum Gasteiger partial charge on any atom is -0.465 e. The van der Waals surface area contributed by atoms with Gasteiger partial charge in [0.05, 0.1) is 28.9 Å². The molecule has 0 saturated heterocycles. The summed E-state index contributed by atoms with van der Waals surface area (Å²) < 4.78 is 4.81. The summed E-state index contributed by atoms with van der Waals surface area (Å²) in [6.45, 7) is 0. The molecule has 0 spiro atoms. The van der Waals surface area contributed by atoms with Crippen molar-refractivity contribution in [1.29, 1.82) is 0 Å². The van der Waals surface area contributed by atoms with Gasteiger partial charge in [0.15, 0.2) is 0 Å². The number of benzene rings is 2. The first-order chi connectivity index (χ1) is 10.2. The van der Waals surface area contributed by atoms with E-state index in [2.05, 4.69) is 4.98 Å². The van der Waals surface area contributed by atoms with E-state index in [1.165, 1.54) is 7.11 Å². The van der Waals surface area contributed by atoms with Gasteiger partial charge in [-0.2, -0.15) is 0 Å². The number of hydrogen-bond donors (Lipinski definition) is 0. The number of hydrogen-bond acceptors (Lipinski definition) is 3. The van der Waals surface area contributed by atoms with Crippen LogP contribution in [0.15, 0.2) is 54.6 Å². The lowest BCUT2D eigenvalue weighted by Crippen LogP contribution is -2.03. The maximum absolute atomic E-state index is 11.9. The van der Waals surface area contributed by atoms with Gasteiger partial charge in [-0.15, -0.1) is 0 Å². The van der Waals surface area contributed by atoms with Crippen molar-refractivity contribution < 1.29 is 9.53 Å². The first-order valence-electron chi connectivity index (χ1n) is 6.43. The Morgan fingerprint density at radius 1 is 1.10 bits per heavy atom. The highest BCUT2D eigenvalue weighted by Gasteiger charge is 2.14. The van der Waals surface area contributed by atoms with Crippen molar-refractivity contribution in [3.63, 3.8) is 0 Å². The predicted octanol–water partition coefficient (Wildman–Crippen LogP) is 4.34. The molecule has 4 heteroatoms. The molecular weight excluding hydrogens is 286 g/mol. The number of carbonyl (C=O) groups excluding carboxylic acids is 1. The number of aromatic nitrogens is 1. The van der Waals surface area contributed by atoms with Gasteiger partial charge in [-0.05, 0) is 12.1 Å². The topological polar surface area (TPSA) is 39.2 Å². The molecule has 0 aliphatic rings. The molecule has 0 atom stereocenters. The average Bonchev–Trinajstić information content (AvgIpc) is 2.54. The first-order valence-corrected chi connectivity index (χ1v) is 6.81. The highest BCUT2D eigenvalue weighted by Crippen LogP contribution is 2.29. The molecule has 104 valence electrons. The van der Waals surface area contributed by atoms with Crippen LogP contribution in [0.2, 0.25) is 5.02 Å². The summed E-state index contributed by atoms with van der Waals surface area (Å²) in [4.78, 5) is 16.5. The number of halogens is 1. The third-order valence-electron chi connectivity index (χ3n) is 3.26. The van der Waals surface area contributed by atoms with E-state index in [1.54, 1.807) is 18.2 Å². The summed E-state index contributed by atoms with van der Waals surface area (Å²) in [6.07, 6.45) is 0. The lowest BCUT2D eigenvalue weighted by atomic mass is 10.1. The van der Waals surface area contributed by atoms with Crippen LogP contribution in [-0.4, -0.2) is 18.1 Å².